The number of likely N-dealkylation sites (tertiary alicyclic amines) is 1. The lowest BCUT2D eigenvalue weighted by Crippen LogP contribution is -2.45. The first-order chi connectivity index (χ1) is 8.94. The highest BCUT2D eigenvalue weighted by atomic mass is 32.2. The van der Waals surface area contributed by atoms with E-state index in [0.717, 1.165) is 25.5 Å². The summed E-state index contributed by atoms with van der Waals surface area (Å²) in [6.07, 6.45) is 4.04. The van der Waals surface area contributed by atoms with E-state index < -0.39 is 16.1 Å². The smallest absolute Gasteiger partial charge is 0.410 e. The number of nitrogens with one attached hydrogen (secondary N) is 1. The number of aliphatic hydroxyl groups excluding tert-OH is 1. The molecule has 1 heterocycles. The third-order valence-corrected chi connectivity index (χ3v) is 3.75. The SMILES string of the molecule is CS(=O)(=O)NCCC1CCCCN1C(=O)OCCO. The molecule has 1 rings (SSSR count). The number of piperidine rings is 1. The van der Waals surface area contributed by atoms with Gasteiger partial charge in [-0.05, 0) is 25.7 Å². The molecule has 1 fully saturated rings. The topological polar surface area (TPSA) is 95.9 Å². The number of amides is 1. The van der Waals surface area contributed by atoms with E-state index >= 15 is 0 Å². The van der Waals surface area contributed by atoms with Crippen molar-refractivity contribution in [2.45, 2.75) is 31.7 Å². The van der Waals surface area contributed by atoms with Crippen LogP contribution < -0.4 is 4.72 Å². The molecule has 2 N–H and O–H groups in total. The van der Waals surface area contributed by atoms with Crippen molar-refractivity contribution in [2.24, 2.45) is 0 Å². The molecule has 1 saturated heterocycles. The Bertz CT molecular complexity index is 385. The summed E-state index contributed by atoms with van der Waals surface area (Å²) < 4.78 is 29.3. The van der Waals surface area contributed by atoms with Gasteiger partial charge < -0.3 is 14.7 Å². The molecule has 1 unspecified atom stereocenters. The van der Waals surface area contributed by atoms with Crippen molar-refractivity contribution in [1.82, 2.24) is 9.62 Å². The van der Waals surface area contributed by atoms with Gasteiger partial charge in [0, 0.05) is 19.1 Å². The first kappa shape index (κ1) is 16.2. The molecular formula is C11H22N2O5S. The lowest BCUT2D eigenvalue weighted by atomic mass is 10.00. The van der Waals surface area contributed by atoms with Gasteiger partial charge in [-0.1, -0.05) is 0 Å². The van der Waals surface area contributed by atoms with E-state index in [1.165, 1.54) is 0 Å². The minimum Gasteiger partial charge on any atom is -0.447 e. The van der Waals surface area contributed by atoms with Gasteiger partial charge in [-0.3, -0.25) is 0 Å². The number of carbonyl (C=O) groups is 1. The zero-order valence-electron chi connectivity index (χ0n) is 11.2. The molecule has 1 amide bonds. The summed E-state index contributed by atoms with van der Waals surface area (Å²) in [7, 11) is -3.19. The van der Waals surface area contributed by atoms with Gasteiger partial charge in [0.1, 0.15) is 6.61 Å². The van der Waals surface area contributed by atoms with Gasteiger partial charge in [0.05, 0.1) is 12.9 Å². The molecule has 7 nitrogen and oxygen atoms in total. The Morgan fingerprint density at radius 3 is 2.84 bits per heavy atom. The molecule has 0 aromatic carbocycles. The van der Waals surface area contributed by atoms with Crippen LogP contribution in [0.25, 0.3) is 0 Å². The van der Waals surface area contributed by atoms with Gasteiger partial charge >= 0.3 is 6.09 Å². The van der Waals surface area contributed by atoms with Crippen molar-refractivity contribution in [3.05, 3.63) is 0 Å². The number of sulfonamides is 1. The first-order valence-electron chi connectivity index (χ1n) is 6.43. The van der Waals surface area contributed by atoms with Gasteiger partial charge in [-0.25, -0.2) is 17.9 Å². The van der Waals surface area contributed by atoms with Gasteiger partial charge in [0.2, 0.25) is 10.0 Å². The van der Waals surface area contributed by atoms with Crippen molar-refractivity contribution in [2.75, 3.05) is 32.6 Å². The number of rotatable bonds is 6. The molecule has 1 aliphatic heterocycles. The molecule has 0 saturated carbocycles. The van der Waals surface area contributed by atoms with Crippen LogP contribution in [0.2, 0.25) is 0 Å². The van der Waals surface area contributed by atoms with Gasteiger partial charge in [-0.15, -0.1) is 0 Å². The van der Waals surface area contributed by atoms with Crippen LogP contribution in [0.4, 0.5) is 4.79 Å². The second-order valence-corrected chi connectivity index (χ2v) is 6.47. The predicted octanol–water partition coefficient (Wildman–Crippen LogP) is -0.0909. The molecule has 0 bridgehead atoms. The van der Waals surface area contributed by atoms with E-state index in [0.29, 0.717) is 19.5 Å². The molecule has 0 aromatic rings. The maximum atomic E-state index is 11.8. The van der Waals surface area contributed by atoms with Crippen LogP contribution in [0.3, 0.4) is 0 Å². The van der Waals surface area contributed by atoms with Crippen LogP contribution in [0.15, 0.2) is 0 Å². The zero-order chi connectivity index (χ0) is 14.3. The zero-order valence-corrected chi connectivity index (χ0v) is 12.0. The molecular weight excluding hydrogens is 272 g/mol. The second kappa shape index (κ2) is 7.66. The number of ether oxygens (including phenoxy) is 1. The molecule has 112 valence electrons. The average Bonchev–Trinajstić information content (AvgIpc) is 2.35. The van der Waals surface area contributed by atoms with E-state index in [9.17, 15) is 13.2 Å². The summed E-state index contributed by atoms with van der Waals surface area (Å²) in [6.45, 7) is 0.727. The van der Waals surface area contributed by atoms with Crippen LogP contribution >= 0.6 is 0 Å². The largest absolute Gasteiger partial charge is 0.447 e. The van der Waals surface area contributed by atoms with Crippen LogP contribution in [0, 0.1) is 0 Å². The van der Waals surface area contributed by atoms with E-state index in [2.05, 4.69) is 4.72 Å². The van der Waals surface area contributed by atoms with Crippen molar-refractivity contribution >= 4 is 16.1 Å². The van der Waals surface area contributed by atoms with E-state index in [1.807, 2.05) is 0 Å². The molecule has 1 aliphatic rings. The lowest BCUT2D eigenvalue weighted by Gasteiger charge is -2.34. The van der Waals surface area contributed by atoms with Crippen molar-refractivity contribution in [1.29, 1.82) is 0 Å². The maximum absolute atomic E-state index is 11.8. The number of carbonyl (C=O) groups excluding carboxylic acids is 1. The van der Waals surface area contributed by atoms with Crippen molar-refractivity contribution in [3.63, 3.8) is 0 Å². The highest BCUT2D eigenvalue weighted by Crippen LogP contribution is 2.20. The number of hydrogen-bond donors (Lipinski definition) is 2. The Hall–Kier alpha value is -0.860. The van der Waals surface area contributed by atoms with Gasteiger partial charge in [0.15, 0.2) is 0 Å². The Kier molecular flexibility index (Phi) is 6.53. The van der Waals surface area contributed by atoms with Crippen LogP contribution in [0.1, 0.15) is 25.7 Å². The van der Waals surface area contributed by atoms with Crippen LogP contribution in [-0.4, -0.2) is 63.1 Å². The molecule has 0 spiro atoms. The summed E-state index contributed by atoms with van der Waals surface area (Å²) in [4.78, 5) is 13.4. The van der Waals surface area contributed by atoms with Gasteiger partial charge in [-0.2, -0.15) is 0 Å². The lowest BCUT2D eigenvalue weighted by molar-refractivity contribution is 0.0592. The Balaban J connectivity index is 2.45. The normalized spacial score (nSPS) is 20.3. The third-order valence-electron chi connectivity index (χ3n) is 3.02. The first-order valence-corrected chi connectivity index (χ1v) is 8.32. The highest BCUT2D eigenvalue weighted by molar-refractivity contribution is 7.88. The second-order valence-electron chi connectivity index (χ2n) is 4.64. The molecule has 0 radical (unpaired) electrons. The number of hydrogen-bond acceptors (Lipinski definition) is 5. The van der Waals surface area contributed by atoms with E-state index in [-0.39, 0.29) is 19.3 Å². The van der Waals surface area contributed by atoms with Crippen LogP contribution in [0.5, 0.6) is 0 Å². The fraction of sp³-hybridized carbons (Fsp3) is 0.909. The predicted molar refractivity (Wildman–Crippen MR) is 70.2 cm³/mol. The Labute approximate surface area is 114 Å². The third kappa shape index (κ3) is 6.22. The van der Waals surface area contributed by atoms with Crippen molar-refractivity contribution in [3.8, 4) is 0 Å². The summed E-state index contributed by atoms with van der Waals surface area (Å²) in [5.41, 5.74) is 0. The number of nitrogens with zero attached hydrogens (tertiary/aromatic N) is 1. The Morgan fingerprint density at radius 2 is 2.21 bits per heavy atom. The quantitative estimate of drug-likeness (QED) is 0.713. The fourth-order valence-electron chi connectivity index (χ4n) is 2.17. The minimum atomic E-state index is -3.19. The van der Waals surface area contributed by atoms with Gasteiger partial charge in [0.25, 0.3) is 0 Å². The Morgan fingerprint density at radius 1 is 1.47 bits per heavy atom. The molecule has 19 heavy (non-hydrogen) atoms. The summed E-state index contributed by atoms with van der Waals surface area (Å²) >= 11 is 0. The summed E-state index contributed by atoms with van der Waals surface area (Å²) in [5, 5.41) is 8.64. The van der Waals surface area contributed by atoms with Crippen LogP contribution in [-0.2, 0) is 14.8 Å². The molecule has 1 atom stereocenters. The van der Waals surface area contributed by atoms with E-state index in [4.69, 9.17) is 9.84 Å². The van der Waals surface area contributed by atoms with Crippen molar-refractivity contribution < 1.29 is 23.1 Å². The summed E-state index contributed by atoms with van der Waals surface area (Å²) in [5.74, 6) is 0. The molecule has 8 heteroatoms. The monoisotopic (exact) mass is 294 g/mol. The standard InChI is InChI=1S/C11H22N2O5S/c1-19(16,17)12-6-5-10-4-2-3-7-13(10)11(15)18-9-8-14/h10,12,14H,2-9H2,1H3. The summed E-state index contributed by atoms with van der Waals surface area (Å²) in [6, 6.07) is -0.00538. The average molecular weight is 294 g/mol. The fourth-order valence-corrected chi connectivity index (χ4v) is 2.66. The molecule has 0 aromatic heterocycles. The maximum Gasteiger partial charge on any atom is 0.410 e. The molecule has 0 aliphatic carbocycles. The van der Waals surface area contributed by atoms with E-state index in [1.54, 1.807) is 4.90 Å². The minimum absolute atomic E-state index is 0.00538. The highest BCUT2D eigenvalue weighted by Gasteiger charge is 2.27. The number of aliphatic hydroxyl groups is 1.